The standard InChI is InChI=1S/C18H13NS/c1-3-7-15-11(5-1)13-10-18-14(9-16(13)19-15)12-6-2-4-8-17(12)20-18/h1-9,18-19H,10H2. The van der Waals surface area contributed by atoms with Crippen molar-refractivity contribution in [3.8, 4) is 0 Å². The SMILES string of the molecule is C1=C2c3ccccc3SC2Cc2c1[nH]c1ccccc21. The van der Waals surface area contributed by atoms with Crippen molar-refractivity contribution >= 4 is 34.3 Å². The Balaban J connectivity index is 1.76. The van der Waals surface area contributed by atoms with Crippen LogP contribution in [0.4, 0.5) is 0 Å². The molecule has 0 fully saturated rings. The molecule has 1 nitrogen and oxygen atoms in total. The van der Waals surface area contributed by atoms with E-state index < -0.39 is 0 Å². The molecule has 20 heavy (non-hydrogen) atoms. The second-order valence-electron chi connectivity index (χ2n) is 5.47. The Labute approximate surface area is 121 Å². The number of aromatic amines is 1. The summed E-state index contributed by atoms with van der Waals surface area (Å²) in [5, 5.41) is 1.97. The molecule has 0 spiro atoms. The van der Waals surface area contributed by atoms with Gasteiger partial charge in [0.1, 0.15) is 0 Å². The molecule has 1 N–H and O–H groups in total. The average Bonchev–Trinajstić information content (AvgIpc) is 3.02. The van der Waals surface area contributed by atoms with Gasteiger partial charge >= 0.3 is 0 Å². The molecule has 0 saturated heterocycles. The van der Waals surface area contributed by atoms with Gasteiger partial charge in [-0.3, -0.25) is 0 Å². The maximum absolute atomic E-state index is 3.57. The molecule has 0 bridgehead atoms. The molecule has 1 aliphatic carbocycles. The van der Waals surface area contributed by atoms with Crippen LogP contribution in [0, 0.1) is 0 Å². The largest absolute Gasteiger partial charge is 0.355 e. The van der Waals surface area contributed by atoms with Crippen LogP contribution < -0.4 is 0 Å². The lowest BCUT2D eigenvalue weighted by atomic mass is 9.91. The summed E-state index contributed by atoms with van der Waals surface area (Å²) >= 11 is 2.01. The molecule has 2 aliphatic rings. The maximum Gasteiger partial charge on any atom is 0.0461 e. The molecule has 3 aromatic rings. The second-order valence-corrected chi connectivity index (χ2v) is 6.71. The van der Waals surface area contributed by atoms with Gasteiger partial charge in [-0.15, -0.1) is 11.8 Å². The fraction of sp³-hybridized carbons (Fsp3) is 0.111. The van der Waals surface area contributed by atoms with E-state index in [4.69, 9.17) is 0 Å². The van der Waals surface area contributed by atoms with Crippen molar-refractivity contribution in [3.63, 3.8) is 0 Å². The highest BCUT2D eigenvalue weighted by Gasteiger charge is 2.32. The lowest BCUT2D eigenvalue weighted by molar-refractivity contribution is 1.04. The molecule has 5 rings (SSSR count). The van der Waals surface area contributed by atoms with Crippen LogP contribution in [0.1, 0.15) is 16.8 Å². The minimum absolute atomic E-state index is 0.583. The normalized spacial score (nSPS) is 19.4. The van der Waals surface area contributed by atoms with E-state index in [0.29, 0.717) is 5.25 Å². The molecule has 2 heteroatoms. The van der Waals surface area contributed by atoms with E-state index >= 15 is 0 Å². The highest BCUT2D eigenvalue weighted by atomic mass is 32.2. The van der Waals surface area contributed by atoms with Gasteiger partial charge in [-0.25, -0.2) is 0 Å². The van der Waals surface area contributed by atoms with Gasteiger partial charge in [0, 0.05) is 26.7 Å². The molecule has 1 aromatic heterocycles. The minimum atomic E-state index is 0.583. The number of rotatable bonds is 0. The van der Waals surface area contributed by atoms with Gasteiger partial charge in [-0.05, 0) is 41.3 Å². The smallest absolute Gasteiger partial charge is 0.0461 e. The summed E-state index contributed by atoms with van der Waals surface area (Å²) in [6.07, 6.45) is 3.49. The zero-order valence-corrected chi connectivity index (χ0v) is 11.7. The number of nitrogens with one attached hydrogen (secondary N) is 1. The van der Waals surface area contributed by atoms with Crippen LogP contribution in [-0.2, 0) is 6.42 Å². The number of fused-ring (bicyclic) bond motifs is 6. The zero-order valence-electron chi connectivity index (χ0n) is 10.9. The predicted octanol–water partition coefficient (Wildman–Crippen LogP) is 4.74. The van der Waals surface area contributed by atoms with Gasteiger partial charge in [0.25, 0.3) is 0 Å². The Kier molecular flexibility index (Phi) is 2.05. The Hall–Kier alpha value is -1.93. The lowest BCUT2D eigenvalue weighted by Crippen LogP contribution is -2.09. The molecule has 0 saturated carbocycles. The van der Waals surface area contributed by atoms with E-state index in [-0.39, 0.29) is 0 Å². The maximum atomic E-state index is 3.57. The topological polar surface area (TPSA) is 15.8 Å². The van der Waals surface area contributed by atoms with E-state index in [1.807, 2.05) is 11.8 Å². The van der Waals surface area contributed by atoms with Crippen LogP contribution in [0.2, 0.25) is 0 Å². The molecule has 1 unspecified atom stereocenters. The van der Waals surface area contributed by atoms with Crippen molar-refractivity contribution in [2.45, 2.75) is 16.6 Å². The lowest BCUT2D eigenvalue weighted by Gasteiger charge is -2.17. The van der Waals surface area contributed by atoms with E-state index in [0.717, 1.165) is 6.42 Å². The molecule has 2 heterocycles. The number of aromatic nitrogens is 1. The molecule has 2 aromatic carbocycles. The number of benzene rings is 2. The molecule has 96 valence electrons. The molecule has 0 amide bonds. The van der Waals surface area contributed by atoms with E-state index in [1.54, 1.807) is 0 Å². The van der Waals surface area contributed by atoms with E-state index in [1.165, 1.54) is 38.2 Å². The van der Waals surface area contributed by atoms with Crippen molar-refractivity contribution in [1.29, 1.82) is 0 Å². The first-order chi connectivity index (χ1) is 9.90. The summed E-state index contributed by atoms with van der Waals surface area (Å²) in [5.74, 6) is 0. The summed E-state index contributed by atoms with van der Waals surface area (Å²) in [7, 11) is 0. The van der Waals surface area contributed by atoms with Gasteiger partial charge in [-0.1, -0.05) is 36.4 Å². The number of hydrogen-bond donors (Lipinski definition) is 1. The van der Waals surface area contributed by atoms with E-state index in [9.17, 15) is 0 Å². The Morgan fingerprint density at radius 2 is 1.85 bits per heavy atom. The van der Waals surface area contributed by atoms with Gasteiger partial charge in [0.2, 0.25) is 0 Å². The zero-order chi connectivity index (χ0) is 13.1. The summed E-state index contributed by atoms with van der Waals surface area (Å²) in [4.78, 5) is 5.00. The van der Waals surface area contributed by atoms with E-state index in [2.05, 4.69) is 59.6 Å². The van der Waals surface area contributed by atoms with Gasteiger partial charge in [-0.2, -0.15) is 0 Å². The van der Waals surface area contributed by atoms with Gasteiger partial charge in [0.05, 0.1) is 0 Å². The van der Waals surface area contributed by atoms with Crippen molar-refractivity contribution in [2.24, 2.45) is 0 Å². The van der Waals surface area contributed by atoms with Crippen molar-refractivity contribution in [1.82, 2.24) is 4.98 Å². The summed E-state index contributed by atoms with van der Waals surface area (Å²) in [6.45, 7) is 0. The monoisotopic (exact) mass is 275 g/mol. The molecule has 1 atom stereocenters. The van der Waals surface area contributed by atoms with Crippen molar-refractivity contribution < 1.29 is 0 Å². The number of para-hydroxylation sites is 1. The summed E-state index contributed by atoms with van der Waals surface area (Å²) < 4.78 is 0. The third kappa shape index (κ3) is 1.35. The highest BCUT2D eigenvalue weighted by Crippen LogP contribution is 2.49. The number of hydrogen-bond acceptors (Lipinski definition) is 1. The molecular formula is C18H13NS. The second kappa shape index (κ2) is 3.80. The molecule has 1 aliphatic heterocycles. The molecule has 0 radical (unpaired) electrons. The first-order valence-corrected chi connectivity index (χ1v) is 7.85. The van der Waals surface area contributed by atoms with Crippen LogP contribution in [0.3, 0.4) is 0 Å². The predicted molar refractivity (Wildman–Crippen MR) is 86.0 cm³/mol. The first-order valence-electron chi connectivity index (χ1n) is 6.97. The number of H-pyrrole nitrogens is 1. The van der Waals surface area contributed by atoms with Crippen LogP contribution in [0.15, 0.2) is 53.4 Å². The Morgan fingerprint density at radius 1 is 1.00 bits per heavy atom. The van der Waals surface area contributed by atoms with Gasteiger partial charge < -0.3 is 4.98 Å². The third-order valence-corrected chi connectivity index (χ3v) is 5.67. The fourth-order valence-corrected chi connectivity index (χ4v) is 4.77. The van der Waals surface area contributed by atoms with Crippen molar-refractivity contribution in [2.75, 3.05) is 0 Å². The van der Waals surface area contributed by atoms with Crippen LogP contribution in [0.25, 0.3) is 22.6 Å². The quantitative estimate of drug-likeness (QED) is 0.626. The molecular weight excluding hydrogens is 262 g/mol. The Morgan fingerprint density at radius 3 is 2.85 bits per heavy atom. The average molecular weight is 275 g/mol. The van der Waals surface area contributed by atoms with Crippen LogP contribution in [0.5, 0.6) is 0 Å². The first kappa shape index (κ1) is 10.8. The highest BCUT2D eigenvalue weighted by molar-refractivity contribution is 8.00. The fourth-order valence-electron chi connectivity index (χ4n) is 3.43. The number of thioether (sulfide) groups is 1. The van der Waals surface area contributed by atoms with Gasteiger partial charge in [0.15, 0.2) is 0 Å². The van der Waals surface area contributed by atoms with Crippen LogP contribution >= 0.6 is 11.8 Å². The Bertz CT molecular complexity index is 872. The summed E-state index contributed by atoms with van der Waals surface area (Å²) in [6, 6.07) is 17.4. The minimum Gasteiger partial charge on any atom is -0.355 e. The van der Waals surface area contributed by atoms with Crippen LogP contribution in [-0.4, -0.2) is 10.2 Å². The summed E-state index contributed by atoms with van der Waals surface area (Å²) in [5.41, 5.74) is 6.95. The van der Waals surface area contributed by atoms with Crippen molar-refractivity contribution in [3.05, 3.63) is 65.4 Å². The third-order valence-electron chi connectivity index (χ3n) is 4.35.